The predicted molar refractivity (Wildman–Crippen MR) is 92.3 cm³/mol. The number of hydrogen-bond acceptors (Lipinski definition) is 7. The monoisotopic (exact) mass is 338 g/mol. The van der Waals surface area contributed by atoms with Crippen LogP contribution < -0.4 is 10.2 Å². The summed E-state index contributed by atoms with van der Waals surface area (Å²) >= 11 is 1.43. The Balaban J connectivity index is 1.51. The van der Waals surface area contributed by atoms with E-state index in [1.165, 1.54) is 24.3 Å². The lowest BCUT2D eigenvalue weighted by Crippen LogP contribution is -2.49. The van der Waals surface area contributed by atoms with Gasteiger partial charge in [-0.1, -0.05) is 18.3 Å². The van der Waals surface area contributed by atoms with Crippen molar-refractivity contribution in [3.8, 4) is 0 Å². The average molecular weight is 338 g/mol. The molecule has 0 aliphatic carbocycles. The lowest BCUT2D eigenvalue weighted by atomic mass is 9.89. The average Bonchev–Trinajstić information content (AvgIpc) is 3.18. The Kier molecular flexibility index (Phi) is 5.18. The Labute approximate surface area is 141 Å². The lowest BCUT2D eigenvalue weighted by Gasteiger charge is -2.38. The maximum Gasteiger partial charge on any atom is 0.350 e. The molecular weight excluding hydrogens is 312 g/mol. The standard InChI is InChI=1S/C16H26N4O2S/c1-3-22-14(21)13-10-18-15(23-13)20-8-6-19(7-9-20)12-16(2)4-5-17-11-16/h10,17H,3-9,11-12H2,1-2H3. The SMILES string of the molecule is CCOC(=O)c1cnc(N2CCN(CC3(C)CCNC3)CC2)s1. The summed E-state index contributed by atoms with van der Waals surface area (Å²) in [4.78, 5) is 21.6. The van der Waals surface area contributed by atoms with Gasteiger partial charge in [0.05, 0.1) is 12.8 Å². The molecule has 3 heterocycles. The van der Waals surface area contributed by atoms with Crippen molar-refractivity contribution < 1.29 is 9.53 Å². The number of ether oxygens (including phenoxy) is 1. The molecule has 0 radical (unpaired) electrons. The van der Waals surface area contributed by atoms with Crippen LogP contribution in [0.15, 0.2) is 6.20 Å². The van der Waals surface area contributed by atoms with Gasteiger partial charge < -0.3 is 15.0 Å². The molecule has 0 saturated carbocycles. The third-order valence-electron chi connectivity index (χ3n) is 4.68. The zero-order valence-corrected chi connectivity index (χ0v) is 14.8. The minimum absolute atomic E-state index is 0.267. The Morgan fingerprint density at radius 3 is 2.87 bits per heavy atom. The van der Waals surface area contributed by atoms with Gasteiger partial charge in [0.15, 0.2) is 5.13 Å². The van der Waals surface area contributed by atoms with Crippen molar-refractivity contribution in [3.63, 3.8) is 0 Å². The number of anilines is 1. The first-order valence-corrected chi connectivity index (χ1v) is 9.22. The molecule has 1 aromatic heterocycles. The molecule has 0 aromatic carbocycles. The number of esters is 1. The molecule has 128 valence electrons. The summed E-state index contributed by atoms with van der Waals surface area (Å²) in [7, 11) is 0. The minimum atomic E-state index is -0.267. The molecule has 6 nitrogen and oxygen atoms in total. The minimum Gasteiger partial charge on any atom is -0.462 e. The lowest BCUT2D eigenvalue weighted by molar-refractivity contribution is 0.0532. The van der Waals surface area contributed by atoms with Crippen LogP contribution >= 0.6 is 11.3 Å². The van der Waals surface area contributed by atoms with Crippen molar-refractivity contribution in [3.05, 3.63) is 11.1 Å². The molecule has 2 aliphatic rings. The third kappa shape index (κ3) is 4.02. The smallest absolute Gasteiger partial charge is 0.350 e. The van der Waals surface area contributed by atoms with Gasteiger partial charge in [0.1, 0.15) is 4.88 Å². The molecule has 2 saturated heterocycles. The van der Waals surface area contributed by atoms with Crippen molar-refractivity contribution in [1.29, 1.82) is 0 Å². The van der Waals surface area contributed by atoms with Gasteiger partial charge in [-0.2, -0.15) is 0 Å². The quantitative estimate of drug-likeness (QED) is 0.820. The molecule has 0 spiro atoms. The number of rotatable bonds is 5. The molecule has 23 heavy (non-hydrogen) atoms. The molecule has 2 aliphatic heterocycles. The first-order valence-electron chi connectivity index (χ1n) is 8.41. The fraction of sp³-hybridized carbons (Fsp3) is 0.750. The van der Waals surface area contributed by atoms with Crippen LogP contribution in [0.4, 0.5) is 5.13 Å². The number of nitrogens with one attached hydrogen (secondary N) is 1. The maximum absolute atomic E-state index is 11.7. The summed E-state index contributed by atoms with van der Waals surface area (Å²) in [6.45, 7) is 12.1. The molecule has 1 N–H and O–H groups in total. The molecule has 3 rings (SSSR count). The third-order valence-corrected chi connectivity index (χ3v) is 5.71. The van der Waals surface area contributed by atoms with Gasteiger partial charge in [-0.05, 0) is 25.3 Å². The van der Waals surface area contributed by atoms with Crippen LogP contribution in [-0.4, -0.2) is 68.3 Å². The van der Waals surface area contributed by atoms with E-state index in [0.717, 1.165) is 44.4 Å². The Morgan fingerprint density at radius 2 is 2.22 bits per heavy atom. The van der Waals surface area contributed by atoms with E-state index in [-0.39, 0.29) is 5.97 Å². The molecule has 1 unspecified atom stereocenters. The first kappa shape index (κ1) is 16.7. The summed E-state index contributed by atoms with van der Waals surface area (Å²) in [6, 6.07) is 0. The zero-order valence-electron chi connectivity index (χ0n) is 14.0. The van der Waals surface area contributed by atoms with E-state index < -0.39 is 0 Å². The Bertz CT molecular complexity index is 534. The molecular formula is C16H26N4O2S. The number of piperazine rings is 1. The van der Waals surface area contributed by atoms with Crippen LogP contribution in [0.1, 0.15) is 29.9 Å². The number of thiazole rings is 1. The zero-order chi connectivity index (χ0) is 16.3. The topological polar surface area (TPSA) is 57.7 Å². The maximum atomic E-state index is 11.7. The van der Waals surface area contributed by atoms with Crippen LogP contribution in [0, 0.1) is 5.41 Å². The van der Waals surface area contributed by atoms with Crippen molar-refractivity contribution >= 4 is 22.4 Å². The Morgan fingerprint density at radius 1 is 1.43 bits per heavy atom. The number of carbonyl (C=O) groups is 1. The fourth-order valence-electron chi connectivity index (χ4n) is 3.35. The normalized spacial score (nSPS) is 25.7. The van der Waals surface area contributed by atoms with Gasteiger partial charge in [-0.15, -0.1) is 0 Å². The van der Waals surface area contributed by atoms with Gasteiger partial charge in [-0.3, -0.25) is 4.90 Å². The Hall–Kier alpha value is -1.18. The van der Waals surface area contributed by atoms with E-state index >= 15 is 0 Å². The molecule has 0 amide bonds. The second kappa shape index (κ2) is 7.15. The largest absolute Gasteiger partial charge is 0.462 e. The summed E-state index contributed by atoms with van der Waals surface area (Å²) in [6.07, 6.45) is 2.90. The highest BCUT2D eigenvalue weighted by molar-refractivity contribution is 7.17. The molecule has 0 bridgehead atoms. The summed E-state index contributed by atoms with van der Waals surface area (Å²) in [5, 5.41) is 4.40. The molecule has 2 fully saturated rings. The van der Waals surface area contributed by atoms with Gasteiger partial charge in [-0.25, -0.2) is 9.78 Å². The van der Waals surface area contributed by atoms with Gasteiger partial charge in [0, 0.05) is 39.3 Å². The van der Waals surface area contributed by atoms with Gasteiger partial charge >= 0.3 is 5.97 Å². The summed E-state index contributed by atoms with van der Waals surface area (Å²) < 4.78 is 5.03. The molecule has 1 aromatic rings. The van der Waals surface area contributed by atoms with Crippen molar-refractivity contribution in [2.75, 3.05) is 57.3 Å². The molecule has 7 heteroatoms. The number of nitrogens with zero attached hydrogens (tertiary/aromatic N) is 3. The highest BCUT2D eigenvalue weighted by atomic mass is 32.1. The van der Waals surface area contributed by atoms with Crippen molar-refractivity contribution in [1.82, 2.24) is 15.2 Å². The predicted octanol–water partition coefficient (Wildman–Crippen LogP) is 1.44. The first-order chi connectivity index (χ1) is 11.1. The fourth-order valence-corrected chi connectivity index (χ4v) is 4.21. The van der Waals surface area contributed by atoms with E-state index in [2.05, 4.69) is 27.0 Å². The van der Waals surface area contributed by atoms with Gasteiger partial charge in [0.2, 0.25) is 0 Å². The van der Waals surface area contributed by atoms with E-state index in [0.29, 0.717) is 16.9 Å². The molecule has 1 atom stereocenters. The van der Waals surface area contributed by atoms with E-state index in [9.17, 15) is 4.79 Å². The van der Waals surface area contributed by atoms with E-state index in [1.54, 1.807) is 6.20 Å². The highest BCUT2D eigenvalue weighted by Gasteiger charge is 2.32. The van der Waals surface area contributed by atoms with Crippen LogP contribution in [0.3, 0.4) is 0 Å². The number of hydrogen-bond donors (Lipinski definition) is 1. The summed E-state index contributed by atoms with van der Waals surface area (Å²) in [5.74, 6) is -0.267. The van der Waals surface area contributed by atoms with Crippen molar-refractivity contribution in [2.24, 2.45) is 5.41 Å². The van der Waals surface area contributed by atoms with Crippen LogP contribution in [0.25, 0.3) is 0 Å². The number of aromatic nitrogens is 1. The van der Waals surface area contributed by atoms with Crippen molar-refractivity contribution in [2.45, 2.75) is 20.3 Å². The summed E-state index contributed by atoms with van der Waals surface area (Å²) in [5.41, 5.74) is 0.417. The van der Waals surface area contributed by atoms with Crippen LogP contribution in [0.2, 0.25) is 0 Å². The highest BCUT2D eigenvalue weighted by Crippen LogP contribution is 2.28. The second-order valence-corrected chi connectivity index (χ2v) is 7.74. The van der Waals surface area contributed by atoms with E-state index in [1.807, 2.05) is 6.92 Å². The van der Waals surface area contributed by atoms with E-state index in [4.69, 9.17) is 4.74 Å². The van der Waals surface area contributed by atoms with Crippen LogP contribution in [-0.2, 0) is 4.74 Å². The number of carbonyl (C=O) groups excluding carboxylic acids is 1. The van der Waals surface area contributed by atoms with Crippen LogP contribution in [0.5, 0.6) is 0 Å². The van der Waals surface area contributed by atoms with Gasteiger partial charge in [0.25, 0.3) is 0 Å². The second-order valence-electron chi connectivity index (χ2n) is 6.73.